The van der Waals surface area contributed by atoms with Gasteiger partial charge in [-0.1, -0.05) is 65.5 Å². The highest BCUT2D eigenvalue weighted by Crippen LogP contribution is 2.67. The molecule has 3 amide bonds. The first kappa shape index (κ1) is 52.1. The van der Waals surface area contributed by atoms with Crippen molar-refractivity contribution >= 4 is 18.3 Å². The number of carbonyl (C=O) groups excluding carboxylic acids is 3. The molecule has 0 bridgehead atoms. The highest BCUT2D eigenvalue weighted by Gasteiger charge is 2.59. The molecule has 0 aromatic heterocycles. The molecule has 4 rings (SSSR count). The average molecular weight is 871 g/mol. The van der Waals surface area contributed by atoms with E-state index in [1.54, 1.807) is 0 Å². The maximum atomic E-state index is 14.2. The van der Waals surface area contributed by atoms with Gasteiger partial charge in [-0.3, -0.25) is 0 Å². The molecule has 0 saturated heterocycles. The number of ether oxygens (including phenoxy) is 3. The van der Waals surface area contributed by atoms with Gasteiger partial charge in [0.05, 0.1) is 0 Å². The second kappa shape index (κ2) is 22.1. The zero-order valence-electron chi connectivity index (χ0n) is 42.3. The zero-order valence-corrected chi connectivity index (χ0v) is 42.3. The zero-order chi connectivity index (χ0) is 46.2. The number of alkyl carbamates (subject to hydrolysis) is 2. The Morgan fingerprint density at radius 2 is 1.39 bits per heavy atom. The van der Waals surface area contributed by atoms with Crippen LogP contribution in [0.2, 0.25) is 0 Å². The summed E-state index contributed by atoms with van der Waals surface area (Å²) in [5.74, 6) is 4.80. The average Bonchev–Trinajstić information content (AvgIpc) is 3.48. The van der Waals surface area contributed by atoms with Crippen molar-refractivity contribution in [3.8, 4) is 0 Å². The first-order valence-corrected chi connectivity index (χ1v) is 25.2. The fraction of sp³-hybridized carbons (Fsp3) is 0.904. The van der Waals surface area contributed by atoms with Crippen LogP contribution >= 0.6 is 0 Å². The Kier molecular flexibility index (Phi) is 18.6. The SMILES string of the molecule is CC(C)CCC[C@@H](C)[C@H]1CC[C@H]2[C@@H]3CC=C4C[C@@H](OC(=O)N(CCCCNC(C)CC(C)NC(=O)OC(C)(C)C)C(C)CC(C)NC(=O)OC(C)(C)C)CC[C@]4(C)[C@H]3CC[C@]12C. The van der Waals surface area contributed by atoms with Crippen molar-refractivity contribution in [3.05, 3.63) is 11.6 Å². The van der Waals surface area contributed by atoms with Gasteiger partial charge < -0.3 is 35.1 Å². The minimum atomic E-state index is -0.587. The topological polar surface area (TPSA) is 118 Å². The lowest BCUT2D eigenvalue weighted by atomic mass is 9.47. The molecule has 3 saturated carbocycles. The predicted octanol–water partition coefficient (Wildman–Crippen LogP) is 12.6. The number of rotatable bonds is 19. The molecular formula is C52H94N4O6. The number of unbranched alkanes of at least 4 members (excludes halogenated alkanes) is 1. The molecule has 4 aliphatic carbocycles. The first-order chi connectivity index (χ1) is 28.8. The van der Waals surface area contributed by atoms with E-state index in [1.807, 2.05) is 60.3 Å². The van der Waals surface area contributed by atoms with Gasteiger partial charge in [-0.2, -0.15) is 0 Å². The highest BCUT2D eigenvalue weighted by atomic mass is 16.6. The molecule has 0 aromatic rings. The molecule has 0 aromatic carbocycles. The quantitative estimate of drug-likeness (QED) is 0.0672. The van der Waals surface area contributed by atoms with Crippen molar-refractivity contribution in [2.24, 2.45) is 46.3 Å². The van der Waals surface area contributed by atoms with E-state index in [1.165, 1.54) is 56.9 Å². The van der Waals surface area contributed by atoms with Gasteiger partial charge in [0.25, 0.3) is 0 Å². The van der Waals surface area contributed by atoms with E-state index in [4.69, 9.17) is 14.2 Å². The van der Waals surface area contributed by atoms with Crippen molar-refractivity contribution in [1.82, 2.24) is 20.9 Å². The third kappa shape index (κ3) is 14.8. The van der Waals surface area contributed by atoms with Crippen LogP contribution in [-0.2, 0) is 14.2 Å². The lowest BCUT2D eigenvalue weighted by Crippen LogP contribution is -2.51. The lowest BCUT2D eigenvalue weighted by Gasteiger charge is -2.58. The van der Waals surface area contributed by atoms with Gasteiger partial charge in [0, 0.05) is 37.1 Å². The van der Waals surface area contributed by atoms with Crippen LogP contribution < -0.4 is 16.0 Å². The number of hydrogen-bond acceptors (Lipinski definition) is 7. The third-order valence-electron chi connectivity index (χ3n) is 15.5. The largest absolute Gasteiger partial charge is 0.446 e. The second-order valence-corrected chi connectivity index (χ2v) is 23.7. The Morgan fingerprint density at radius 1 is 0.758 bits per heavy atom. The number of carbonyl (C=O) groups is 3. The molecule has 62 heavy (non-hydrogen) atoms. The van der Waals surface area contributed by atoms with Crippen LogP contribution in [0.1, 0.15) is 200 Å². The standard InChI is InChI=1S/C52H94N4O6/c1-34(2)19-18-20-35(3)43-23-24-44-42-22-21-40-33-41(25-27-51(40,14)45(42)26-28-52(43,44)15)60-48(59)56(39(7)32-38(6)55-47(58)62-50(11,12)13)30-17-16-29-53-36(4)31-37(5)54-46(57)61-49(8,9)10/h21,34-39,41-45,53H,16-20,22-33H2,1-15H3,(H,54,57)(H,55,58)/t35-,36?,37?,38?,39?,41+,42+,43-,44+,45+,51+,52-/m1/s1. The molecule has 4 unspecified atom stereocenters. The molecule has 0 radical (unpaired) electrons. The van der Waals surface area contributed by atoms with Crippen LogP contribution in [0.4, 0.5) is 14.4 Å². The van der Waals surface area contributed by atoms with Crippen LogP contribution in [0.3, 0.4) is 0 Å². The number of allylic oxidation sites excluding steroid dienone is 1. The second-order valence-electron chi connectivity index (χ2n) is 23.7. The van der Waals surface area contributed by atoms with E-state index < -0.39 is 23.4 Å². The van der Waals surface area contributed by atoms with E-state index in [0.717, 1.165) is 80.6 Å². The molecule has 0 spiro atoms. The van der Waals surface area contributed by atoms with E-state index in [-0.39, 0.29) is 41.8 Å². The summed E-state index contributed by atoms with van der Waals surface area (Å²) in [6, 6.07) is -0.172. The van der Waals surface area contributed by atoms with Gasteiger partial charge in [0.15, 0.2) is 0 Å². The highest BCUT2D eigenvalue weighted by molar-refractivity contribution is 5.69. The van der Waals surface area contributed by atoms with Crippen LogP contribution in [0.15, 0.2) is 11.6 Å². The summed E-state index contributed by atoms with van der Waals surface area (Å²) in [5.41, 5.74) is 1.08. The molecule has 3 N–H and O–H groups in total. The number of fused-ring (bicyclic) bond motifs is 5. The number of nitrogens with one attached hydrogen (secondary N) is 3. The van der Waals surface area contributed by atoms with Crippen molar-refractivity contribution in [2.45, 2.75) is 242 Å². The van der Waals surface area contributed by atoms with Crippen molar-refractivity contribution in [2.75, 3.05) is 13.1 Å². The molecular weight excluding hydrogens is 777 g/mol. The molecule has 12 atom stereocenters. The summed E-state index contributed by atoms with van der Waals surface area (Å²) in [7, 11) is 0. The van der Waals surface area contributed by atoms with Crippen molar-refractivity contribution in [3.63, 3.8) is 0 Å². The molecule has 0 aliphatic heterocycles. The summed E-state index contributed by atoms with van der Waals surface area (Å²) < 4.78 is 17.4. The van der Waals surface area contributed by atoms with E-state index >= 15 is 0 Å². The lowest BCUT2D eigenvalue weighted by molar-refractivity contribution is -0.0597. The van der Waals surface area contributed by atoms with Gasteiger partial charge >= 0.3 is 18.3 Å². The summed E-state index contributed by atoms with van der Waals surface area (Å²) >= 11 is 0. The number of amides is 3. The minimum Gasteiger partial charge on any atom is -0.446 e. The van der Waals surface area contributed by atoms with E-state index in [9.17, 15) is 14.4 Å². The normalized spacial score (nSPS) is 29.7. The van der Waals surface area contributed by atoms with Gasteiger partial charge in [-0.05, 0) is 193 Å². The fourth-order valence-electron chi connectivity index (χ4n) is 12.6. The van der Waals surface area contributed by atoms with Gasteiger partial charge in [0.1, 0.15) is 17.3 Å². The molecule has 4 aliphatic rings. The Labute approximate surface area is 379 Å². The number of nitrogens with zero attached hydrogens (tertiary/aromatic N) is 1. The summed E-state index contributed by atoms with van der Waals surface area (Å²) in [6.45, 7) is 33.2. The minimum absolute atomic E-state index is 0.0326. The molecule has 10 heteroatoms. The molecule has 358 valence electrons. The Morgan fingerprint density at radius 3 is 2.00 bits per heavy atom. The van der Waals surface area contributed by atoms with Crippen molar-refractivity contribution < 1.29 is 28.6 Å². The molecule has 10 nitrogen and oxygen atoms in total. The van der Waals surface area contributed by atoms with Gasteiger partial charge in [-0.15, -0.1) is 0 Å². The van der Waals surface area contributed by atoms with Crippen molar-refractivity contribution in [1.29, 1.82) is 0 Å². The third-order valence-corrected chi connectivity index (χ3v) is 15.5. The van der Waals surface area contributed by atoms with Crippen LogP contribution in [-0.4, -0.2) is 77.7 Å². The Balaban J connectivity index is 1.35. The maximum Gasteiger partial charge on any atom is 0.410 e. The molecule has 0 heterocycles. The first-order valence-electron chi connectivity index (χ1n) is 25.2. The summed E-state index contributed by atoms with van der Waals surface area (Å²) in [4.78, 5) is 41.0. The summed E-state index contributed by atoms with van der Waals surface area (Å²) in [6.07, 6.45) is 18.1. The van der Waals surface area contributed by atoms with Gasteiger partial charge in [-0.25, -0.2) is 14.4 Å². The smallest absolute Gasteiger partial charge is 0.410 e. The van der Waals surface area contributed by atoms with Crippen LogP contribution in [0.5, 0.6) is 0 Å². The van der Waals surface area contributed by atoms with E-state index in [0.29, 0.717) is 18.4 Å². The monoisotopic (exact) mass is 871 g/mol. The summed E-state index contributed by atoms with van der Waals surface area (Å²) in [5, 5.41) is 9.50. The Bertz CT molecular complexity index is 1490. The predicted molar refractivity (Wildman–Crippen MR) is 253 cm³/mol. The fourth-order valence-corrected chi connectivity index (χ4v) is 12.6. The van der Waals surface area contributed by atoms with E-state index in [2.05, 4.69) is 70.5 Å². The molecule has 3 fully saturated rings. The number of hydrogen-bond donors (Lipinski definition) is 3. The van der Waals surface area contributed by atoms with Gasteiger partial charge in [0.2, 0.25) is 0 Å². The Hall–Kier alpha value is -2.49. The van der Waals surface area contributed by atoms with Crippen LogP contribution in [0.25, 0.3) is 0 Å². The van der Waals surface area contributed by atoms with Crippen LogP contribution in [0, 0.1) is 46.3 Å². The maximum absolute atomic E-state index is 14.2.